The van der Waals surface area contributed by atoms with Gasteiger partial charge in [-0.25, -0.2) is 4.79 Å². The summed E-state index contributed by atoms with van der Waals surface area (Å²) < 4.78 is 0. The Hall–Kier alpha value is -0.730. The molecule has 18 heavy (non-hydrogen) atoms. The Morgan fingerprint density at radius 1 is 0.944 bits per heavy atom. The lowest BCUT2D eigenvalue weighted by molar-refractivity contribution is 0.0884. The van der Waals surface area contributed by atoms with E-state index in [2.05, 4.69) is 16.7 Å². The van der Waals surface area contributed by atoms with Gasteiger partial charge in [-0.1, -0.05) is 13.3 Å². The van der Waals surface area contributed by atoms with E-state index < -0.39 is 0 Å². The number of hydrogen-bond acceptors (Lipinski definition) is 1. The van der Waals surface area contributed by atoms with Gasteiger partial charge < -0.3 is 9.80 Å². The van der Waals surface area contributed by atoms with Gasteiger partial charge in [-0.2, -0.15) is 0 Å². The maximum Gasteiger partial charge on any atom is 0.320 e. The van der Waals surface area contributed by atoms with E-state index in [0.717, 1.165) is 31.5 Å². The molecule has 102 valence electrons. The first-order valence-electron chi connectivity index (χ1n) is 7.81. The van der Waals surface area contributed by atoms with Gasteiger partial charge in [0, 0.05) is 25.7 Å². The molecule has 0 N–H and O–H groups in total. The van der Waals surface area contributed by atoms with Crippen LogP contribution in [0.3, 0.4) is 0 Å². The van der Waals surface area contributed by atoms with E-state index in [-0.39, 0.29) is 0 Å². The number of likely N-dealkylation sites (tertiary alicyclic amines) is 2. The zero-order valence-corrected chi connectivity index (χ0v) is 11.6. The largest absolute Gasteiger partial charge is 0.325 e. The van der Waals surface area contributed by atoms with Gasteiger partial charge in [0.05, 0.1) is 0 Å². The highest BCUT2D eigenvalue weighted by Crippen LogP contribution is 2.37. The normalized spacial score (nSPS) is 33.6. The molecule has 3 rings (SSSR count). The maximum absolute atomic E-state index is 12.7. The monoisotopic (exact) mass is 250 g/mol. The van der Waals surface area contributed by atoms with E-state index >= 15 is 0 Å². The number of urea groups is 1. The highest BCUT2D eigenvalue weighted by atomic mass is 16.2. The lowest BCUT2D eigenvalue weighted by Crippen LogP contribution is -2.53. The Balaban J connectivity index is 1.64. The molecular formula is C15H26N2O. The summed E-state index contributed by atoms with van der Waals surface area (Å²) in [6.45, 7) is 5.27. The molecule has 0 radical (unpaired) electrons. The topological polar surface area (TPSA) is 23.6 Å². The number of rotatable bonds is 0. The van der Waals surface area contributed by atoms with Crippen LogP contribution in [0.15, 0.2) is 0 Å². The number of nitrogens with zero attached hydrogens (tertiary/aromatic N) is 2. The second kappa shape index (κ2) is 5.10. The molecule has 0 spiro atoms. The van der Waals surface area contributed by atoms with Crippen molar-refractivity contribution in [2.24, 2.45) is 11.8 Å². The molecule has 2 atom stereocenters. The summed E-state index contributed by atoms with van der Waals surface area (Å²) in [5.74, 6) is 1.61. The molecule has 2 aliphatic heterocycles. The van der Waals surface area contributed by atoms with E-state index in [1.165, 1.54) is 44.9 Å². The van der Waals surface area contributed by atoms with Crippen molar-refractivity contribution < 1.29 is 4.79 Å². The van der Waals surface area contributed by atoms with E-state index in [1.54, 1.807) is 0 Å². The van der Waals surface area contributed by atoms with E-state index in [0.29, 0.717) is 12.1 Å². The summed E-state index contributed by atoms with van der Waals surface area (Å²) >= 11 is 0. The van der Waals surface area contributed by atoms with Gasteiger partial charge in [-0.05, 0) is 50.4 Å². The van der Waals surface area contributed by atoms with Gasteiger partial charge in [-0.15, -0.1) is 0 Å². The fraction of sp³-hybridized carbons (Fsp3) is 0.933. The number of carbonyl (C=O) groups excluding carboxylic acids is 1. The van der Waals surface area contributed by atoms with Crippen molar-refractivity contribution in [3.8, 4) is 0 Å². The Labute approximate surface area is 111 Å². The molecule has 3 heteroatoms. The van der Waals surface area contributed by atoms with Crippen LogP contribution in [0.5, 0.6) is 0 Å². The van der Waals surface area contributed by atoms with Crippen LogP contribution in [-0.4, -0.2) is 41.5 Å². The summed E-state index contributed by atoms with van der Waals surface area (Å²) in [7, 11) is 0. The average molecular weight is 250 g/mol. The smallest absolute Gasteiger partial charge is 0.320 e. The molecule has 3 nitrogen and oxygen atoms in total. The SMILES string of the molecule is CC1CCN(C(=O)N2CCCC3CCCC32)CC1. The van der Waals surface area contributed by atoms with Crippen molar-refractivity contribution in [2.45, 2.75) is 57.9 Å². The molecule has 0 bridgehead atoms. The standard InChI is InChI=1S/C15H26N2O/c1-12-7-10-16(11-8-12)15(18)17-9-3-5-13-4-2-6-14(13)17/h12-14H,2-11H2,1H3. The number of amides is 2. The van der Waals surface area contributed by atoms with Crippen LogP contribution in [0.1, 0.15) is 51.9 Å². The van der Waals surface area contributed by atoms with E-state index in [4.69, 9.17) is 0 Å². The number of fused-ring (bicyclic) bond motifs is 1. The van der Waals surface area contributed by atoms with Gasteiger partial charge in [0.15, 0.2) is 0 Å². The van der Waals surface area contributed by atoms with Gasteiger partial charge in [0.2, 0.25) is 0 Å². The van der Waals surface area contributed by atoms with Crippen LogP contribution in [-0.2, 0) is 0 Å². The van der Waals surface area contributed by atoms with Crippen LogP contribution >= 0.6 is 0 Å². The van der Waals surface area contributed by atoms with Crippen molar-refractivity contribution in [3.63, 3.8) is 0 Å². The first-order valence-corrected chi connectivity index (χ1v) is 7.81. The second-order valence-electron chi connectivity index (χ2n) is 6.55. The Morgan fingerprint density at radius 2 is 1.67 bits per heavy atom. The lowest BCUT2D eigenvalue weighted by atomic mass is 9.92. The van der Waals surface area contributed by atoms with Crippen molar-refractivity contribution in [3.05, 3.63) is 0 Å². The summed E-state index contributed by atoms with van der Waals surface area (Å²) in [5, 5.41) is 0. The van der Waals surface area contributed by atoms with Crippen LogP contribution in [0.4, 0.5) is 4.79 Å². The van der Waals surface area contributed by atoms with Gasteiger partial charge in [0.1, 0.15) is 0 Å². The van der Waals surface area contributed by atoms with Gasteiger partial charge in [0.25, 0.3) is 0 Å². The molecule has 3 fully saturated rings. The van der Waals surface area contributed by atoms with Gasteiger partial charge >= 0.3 is 6.03 Å². The minimum Gasteiger partial charge on any atom is -0.325 e. The first kappa shape index (κ1) is 12.3. The molecule has 1 saturated carbocycles. The molecule has 1 aliphatic carbocycles. The van der Waals surface area contributed by atoms with Crippen molar-refractivity contribution in [2.75, 3.05) is 19.6 Å². The third-order valence-electron chi connectivity index (χ3n) is 5.29. The number of piperidine rings is 2. The Bertz CT molecular complexity index is 310. The molecule has 2 amide bonds. The summed E-state index contributed by atoms with van der Waals surface area (Å²) in [5.41, 5.74) is 0. The molecule has 0 aromatic rings. The molecule has 2 unspecified atom stereocenters. The highest BCUT2D eigenvalue weighted by molar-refractivity contribution is 5.75. The number of carbonyl (C=O) groups is 1. The Morgan fingerprint density at radius 3 is 2.44 bits per heavy atom. The highest BCUT2D eigenvalue weighted by Gasteiger charge is 2.39. The number of hydrogen-bond donors (Lipinski definition) is 0. The molecule has 0 aromatic heterocycles. The third kappa shape index (κ3) is 2.24. The van der Waals surface area contributed by atoms with Crippen LogP contribution < -0.4 is 0 Å². The van der Waals surface area contributed by atoms with Crippen molar-refractivity contribution in [1.82, 2.24) is 9.80 Å². The lowest BCUT2D eigenvalue weighted by Gasteiger charge is -2.42. The minimum atomic E-state index is 0.346. The zero-order valence-electron chi connectivity index (χ0n) is 11.6. The molecule has 3 aliphatic rings. The van der Waals surface area contributed by atoms with Gasteiger partial charge in [-0.3, -0.25) is 0 Å². The summed E-state index contributed by atoms with van der Waals surface area (Å²) in [4.78, 5) is 17.0. The fourth-order valence-corrected chi connectivity index (χ4v) is 4.07. The van der Waals surface area contributed by atoms with Crippen LogP contribution in [0.25, 0.3) is 0 Å². The Kier molecular flexibility index (Phi) is 3.49. The van der Waals surface area contributed by atoms with Crippen LogP contribution in [0.2, 0.25) is 0 Å². The quantitative estimate of drug-likeness (QED) is 0.648. The molecular weight excluding hydrogens is 224 g/mol. The molecule has 2 saturated heterocycles. The fourth-order valence-electron chi connectivity index (χ4n) is 4.07. The van der Waals surface area contributed by atoms with Crippen molar-refractivity contribution >= 4 is 6.03 Å². The zero-order chi connectivity index (χ0) is 12.5. The first-order chi connectivity index (χ1) is 8.75. The average Bonchev–Trinajstić information content (AvgIpc) is 2.87. The predicted molar refractivity (Wildman–Crippen MR) is 72.4 cm³/mol. The minimum absolute atomic E-state index is 0.346. The third-order valence-corrected chi connectivity index (χ3v) is 5.29. The predicted octanol–water partition coefficient (Wildman–Crippen LogP) is 3.10. The molecule has 2 heterocycles. The maximum atomic E-state index is 12.7. The summed E-state index contributed by atoms with van der Waals surface area (Å²) in [6, 6.07) is 0.920. The summed E-state index contributed by atoms with van der Waals surface area (Å²) in [6.07, 6.45) is 8.88. The van der Waals surface area contributed by atoms with E-state index in [1.807, 2.05) is 0 Å². The second-order valence-corrected chi connectivity index (χ2v) is 6.55. The van der Waals surface area contributed by atoms with E-state index in [9.17, 15) is 4.79 Å². The molecule has 0 aromatic carbocycles. The van der Waals surface area contributed by atoms with Crippen LogP contribution in [0, 0.1) is 11.8 Å². The van der Waals surface area contributed by atoms with Crippen molar-refractivity contribution in [1.29, 1.82) is 0 Å².